The summed E-state index contributed by atoms with van der Waals surface area (Å²) in [6, 6.07) is 0. The van der Waals surface area contributed by atoms with Gasteiger partial charge in [0.05, 0.1) is 6.20 Å². The van der Waals surface area contributed by atoms with E-state index in [0.717, 1.165) is 0 Å². The summed E-state index contributed by atoms with van der Waals surface area (Å²) >= 11 is 1.88. The molecule has 0 saturated heterocycles. The Kier molecular flexibility index (Phi) is 2.10. The van der Waals surface area contributed by atoms with Crippen molar-refractivity contribution >= 4 is 28.7 Å². The smallest absolute Gasteiger partial charge is 0.449 e. The summed E-state index contributed by atoms with van der Waals surface area (Å²) in [6.07, 6.45) is -0.0325. The Balaban J connectivity index is 2.74. The highest BCUT2D eigenvalue weighted by molar-refractivity contribution is 14.1. The van der Waals surface area contributed by atoms with Crippen LogP contribution < -0.4 is 4.74 Å². The first-order chi connectivity index (χ1) is 4.70. The molecule has 0 atom stereocenters. The summed E-state index contributed by atoms with van der Waals surface area (Å²) in [5, 5.41) is 14.2. The maximum atomic E-state index is 9.95. The number of ether oxygens (including phenoxy) is 1. The van der Waals surface area contributed by atoms with Crippen molar-refractivity contribution in [3.8, 4) is 5.75 Å². The van der Waals surface area contributed by atoms with Crippen molar-refractivity contribution in [3.63, 3.8) is 0 Å². The van der Waals surface area contributed by atoms with Crippen LogP contribution in [0.5, 0.6) is 5.75 Å². The molecule has 54 valence electrons. The third kappa shape index (κ3) is 1.59. The minimum Gasteiger partial charge on any atom is -0.449 e. The third-order valence-electron chi connectivity index (χ3n) is 0.758. The van der Waals surface area contributed by atoms with Crippen molar-refractivity contribution in [1.29, 1.82) is 0 Å². The molecule has 10 heavy (non-hydrogen) atoms. The monoisotopic (exact) mass is 254 g/mol. The molecule has 5 nitrogen and oxygen atoms in total. The predicted molar refractivity (Wildman–Crippen MR) is 40.0 cm³/mol. The Morgan fingerprint density at radius 2 is 2.60 bits per heavy atom. The molecule has 0 fully saturated rings. The first-order valence-electron chi connectivity index (χ1n) is 2.30. The number of carboxylic acid groups (broad SMARTS) is 1. The molecule has 1 heterocycles. The molecule has 0 aromatic carbocycles. The van der Waals surface area contributed by atoms with E-state index in [4.69, 9.17) is 5.11 Å². The highest BCUT2D eigenvalue weighted by Crippen LogP contribution is 2.16. The molecule has 0 aliphatic carbocycles. The minimum absolute atomic E-state index is 0.230. The largest absolute Gasteiger partial charge is 0.511 e. The number of H-pyrrole nitrogens is 1. The van der Waals surface area contributed by atoms with Gasteiger partial charge in [0.1, 0.15) is 3.70 Å². The van der Waals surface area contributed by atoms with Crippen molar-refractivity contribution in [3.05, 3.63) is 9.90 Å². The average molecular weight is 254 g/mol. The van der Waals surface area contributed by atoms with Gasteiger partial charge in [0.15, 0.2) is 5.75 Å². The first-order valence-corrected chi connectivity index (χ1v) is 3.37. The van der Waals surface area contributed by atoms with Crippen LogP contribution in [0, 0.1) is 3.70 Å². The molecule has 0 unspecified atom stereocenters. The van der Waals surface area contributed by atoms with E-state index in [1.54, 1.807) is 0 Å². The standard InChI is InChI=1S/C4H3IN2O3/c5-3-2(1-6-7-3)10-4(8)9/h1H,(H,6,7)(H,8,9). The van der Waals surface area contributed by atoms with Crippen LogP contribution in [0.2, 0.25) is 0 Å². The molecule has 0 bridgehead atoms. The summed E-state index contributed by atoms with van der Waals surface area (Å²) in [5.74, 6) is 0.230. The topological polar surface area (TPSA) is 75.2 Å². The van der Waals surface area contributed by atoms with Crippen molar-refractivity contribution in [1.82, 2.24) is 10.2 Å². The maximum Gasteiger partial charge on any atom is 0.511 e. The molecule has 0 amide bonds. The highest BCUT2D eigenvalue weighted by atomic mass is 127. The van der Waals surface area contributed by atoms with E-state index < -0.39 is 6.16 Å². The summed E-state index contributed by atoms with van der Waals surface area (Å²) < 4.78 is 4.87. The second kappa shape index (κ2) is 2.86. The molecular formula is C4H3IN2O3. The lowest BCUT2D eigenvalue weighted by Gasteiger charge is -1.92. The van der Waals surface area contributed by atoms with Gasteiger partial charge in [-0.15, -0.1) is 0 Å². The van der Waals surface area contributed by atoms with Gasteiger partial charge in [-0.05, 0) is 22.6 Å². The van der Waals surface area contributed by atoms with Crippen LogP contribution in [0.15, 0.2) is 6.20 Å². The van der Waals surface area contributed by atoms with Gasteiger partial charge >= 0.3 is 6.16 Å². The van der Waals surface area contributed by atoms with Gasteiger partial charge in [0.25, 0.3) is 0 Å². The van der Waals surface area contributed by atoms with Crippen LogP contribution in [0.25, 0.3) is 0 Å². The van der Waals surface area contributed by atoms with E-state index in [-0.39, 0.29) is 5.75 Å². The lowest BCUT2D eigenvalue weighted by Crippen LogP contribution is -2.02. The number of rotatable bonds is 1. The van der Waals surface area contributed by atoms with E-state index in [0.29, 0.717) is 3.70 Å². The maximum absolute atomic E-state index is 9.95. The van der Waals surface area contributed by atoms with Gasteiger partial charge in [-0.25, -0.2) is 4.79 Å². The number of hydrogen-bond acceptors (Lipinski definition) is 3. The number of nitrogens with one attached hydrogen (secondary N) is 1. The van der Waals surface area contributed by atoms with E-state index in [1.807, 2.05) is 22.6 Å². The molecule has 1 rings (SSSR count). The Morgan fingerprint density at radius 1 is 1.90 bits per heavy atom. The van der Waals surface area contributed by atoms with Crippen LogP contribution in [-0.4, -0.2) is 21.5 Å². The Bertz CT molecular complexity index is 246. The van der Waals surface area contributed by atoms with Gasteiger partial charge in [0.2, 0.25) is 0 Å². The number of aromatic nitrogens is 2. The number of halogens is 1. The molecule has 0 radical (unpaired) electrons. The van der Waals surface area contributed by atoms with Crippen LogP contribution in [0.4, 0.5) is 4.79 Å². The molecule has 1 aromatic rings. The normalized spacial score (nSPS) is 9.30. The van der Waals surface area contributed by atoms with E-state index in [1.165, 1.54) is 6.20 Å². The fourth-order valence-electron chi connectivity index (χ4n) is 0.425. The van der Waals surface area contributed by atoms with Gasteiger partial charge < -0.3 is 9.84 Å². The molecular weight excluding hydrogens is 251 g/mol. The summed E-state index contributed by atoms with van der Waals surface area (Å²) in [4.78, 5) is 9.95. The summed E-state index contributed by atoms with van der Waals surface area (Å²) in [7, 11) is 0. The van der Waals surface area contributed by atoms with Crippen LogP contribution in [0.3, 0.4) is 0 Å². The van der Waals surface area contributed by atoms with Crippen LogP contribution in [0.1, 0.15) is 0 Å². The van der Waals surface area contributed by atoms with Crippen LogP contribution in [-0.2, 0) is 0 Å². The lowest BCUT2D eigenvalue weighted by molar-refractivity contribution is 0.144. The fraction of sp³-hybridized carbons (Fsp3) is 0. The van der Waals surface area contributed by atoms with E-state index in [9.17, 15) is 4.79 Å². The van der Waals surface area contributed by atoms with Crippen molar-refractivity contribution in [2.24, 2.45) is 0 Å². The zero-order valence-corrected chi connectivity index (χ0v) is 6.82. The molecule has 6 heteroatoms. The minimum atomic E-state index is -1.33. The number of nitrogens with zero attached hydrogens (tertiary/aromatic N) is 1. The van der Waals surface area contributed by atoms with Crippen LogP contribution >= 0.6 is 22.6 Å². The molecule has 1 aromatic heterocycles. The second-order valence-electron chi connectivity index (χ2n) is 1.42. The Labute approximate surface area is 69.5 Å². The highest BCUT2D eigenvalue weighted by Gasteiger charge is 2.05. The molecule has 0 saturated carbocycles. The third-order valence-corrected chi connectivity index (χ3v) is 1.53. The van der Waals surface area contributed by atoms with Gasteiger partial charge in [-0.2, -0.15) is 5.10 Å². The summed E-state index contributed by atoms with van der Waals surface area (Å²) in [5.41, 5.74) is 0. The van der Waals surface area contributed by atoms with E-state index in [2.05, 4.69) is 14.9 Å². The zero-order chi connectivity index (χ0) is 7.56. The molecule has 2 N–H and O–H groups in total. The second-order valence-corrected chi connectivity index (χ2v) is 2.49. The SMILES string of the molecule is O=C(O)Oc1cn[nH]c1I. The number of aromatic amines is 1. The van der Waals surface area contributed by atoms with Gasteiger partial charge in [-0.1, -0.05) is 0 Å². The Hall–Kier alpha value is -0.790. The van der Waals surface area contributed by atoms with Crippen molar-refractivity contribution in [2.45, 2.75) is 0 Å². The zero-order valence-electron chi connectivity index (χ0n) is 4.67. The quantitative estimate of drug-likeness (QED) is 0.580. The fourth-order valence-corrected chi connectivity index (χ4v) is 0.813. The average Bonchev–Trinajstić information content (AvgIpc) is 2.15. The van der Waals surface area contributed by atoms with Crippen molar-refractivity contribution < 1.29 is 14.6 Å². The predicted octanol–water partition coefficient (Wildman–Crippen LogP) is 1.07. The molecule has 0 aliphatic rings. The number of hydrogen-bond donors (Lipinski definition) is 2. The summed E-state index contributed by atoms with van der Waals surface area (Å²) in [6.45, 7) is 0. The Morgan fingerprint density at radius 3 is 3.00 bits per heavy atom. The lowest BCUT2D eigenvalue weighted by atomic mass is 10.7. The van der Waals surface area contributed by atoms with Gasteiger partial charge in [0, 0.05) is 0 Å². The molecule has 0 spiro atoms. The first kappa shape index (κ1) is 7.32. The number of carbonyl (C=O) groups is 1. The van der Waals surface area contributed by atoms with Crippen molar-refractivity contribution in [2.75, 3.05) is 0 Å². The van der Waals surface area contributed by atoms with E-state index >= 15 is 0 Å². The van der Waals surface area contributed by atoms with Gasteiger partial charge in [-0.3, -0.25) is 5.10 Å². The molecule has 0 aliphatic heterocycles.